The molecule has 17 heavy (non-hydrogen) atoms. The van der Waals surface area contributed by atoms with Crippen molar-refractivity contribution in [2.24, 2.45) is 0 Å². The smallest absolute Gasteiger partial charge is 0.328 e. The molecule has 0 radical (unpaired) electrons. The van der Waals surface area contributed by atoms with Crippen LogP contribution in [0.2, 0.25) is 0 Å². The lowest BCUT2D eigenvalue weighted by molar-refractivity contribution is -0.144. The topological polar surface area (TPSA) is 105 Å². The molecule has 1 fully saturated rings. The summed E-state index contributed by atoms with van der Waals surface area (Å²) in [4.78, 5) is 45.5. The first-order valence-electron chi connectivity index (χ1n) is 4.91. The van der Waals surface area contributed by atoms with Crippen LogP contribution in [0.1, 0.15) is 6.92 Å². The van der Waals surface area contributed by atoms with Crippen molar-refractivity contribution in [2.75, 3.05) is 20.2 Å². The minimum atomic E-state index is -0.826. The van der Waals surface area contributed by atoms with Gasteiger partial charge >= 0.3 is 12.0 Å². The summed E-state index contributed by atoms with van der Waals surface area (Å²) < 4.78 is 4.41. The molecular formula is C9H13N3O5. The second-order valence-corrected chi connectivity index (χ2v) is 3.45. The first-order valence-corrected chi connectivity index (χ1v) is 4.91. The summed E-state index contributed by atoms with van der Waals surface area (Å²) in [7, 11) is 1.20. The Labute approximate surface area is 97.3 Å². The van der Waals surface area contributed by atoms with Gasteiger partial charge < -0.3 is 15.4 Å². The number of urea groups is 1. The number of hydrogen-bond donors (Lipinski definition) is 2. The van der Waals surface area contributed by atoms with Gasteiger partial charge in [-0.15, -0.1) is 0 Å². The van der Waals surface area contributed by atoms with Crippen molar-refractivity contribution < 1.29 is 23.9 Å². The van der Waals surface area contributed by atoms with E-state index < -0.39 is 36.4 Å². The molecule has 2 N–H and O–H groups in total. The second-order valence-electron chi connectivity index (χ2n) is 3.45. The number of hydrogen-bond acceptors (Lipinski definition) is 5. The minimum absolute atomic E-state index is 0.112. The Bertz CT molecular complexity index is 352. The van der Waals surface area contributed by atoms with Gasteiger partial charge in [0.1, 0.15) is 12.6 Å². The van der Waals surface area contributed by atoms with E-state index in [1.54, 1.807) is 0 Å². The molecule has 1 heterocycles. The maximum Gasteiger partial charge on any atom is 0.328 e. The van der Waals surface area contributed by atoms with Crippen molar-refractivity contribution in [2.45, 2.75) is 13.0 Å². The van der Waals surface area contributed by atoms with Gasteiger partial charge in [-0.25, -0.2) is 9.59 Å². The predicted octanol–water partition coefficient (Wildman–Crippen LogP) is -1.78. The van der Waals surface area contributed by atoms with Crippen molar-refractivity contribution in [1.29, 1.82) is 0 Å². The fraction of sp³-hybridized carbons (Fsp3) is 0.556. The Hall–Kier alpha value is -2.12. The third-order valence-electron chi connectivity index (χ3n) is 2.17. The molecule has 0 saturated carbocycles. The minimum Gasteiger partial charge on any atom is -0.467 e. The van der Waals surface area contributed by atoms with Crippen LogP contribution in [0.15, 0.2) is 0 Å². The fourth-order valence-electron chi connectivity index (χ4n) is 1.28. The second kappa shape index (κ2) is 5.28. The Kier molecular flexibility index (Phi) is 4.02. The molecule has 1 unspecified atom stereocenters. The molecule has 1 saturated heterocycles. The number of methoxy groups -OCH3 is 1. The summed E-state index contributed by atoms with van der Waals surface area (Å²) in [6, 6.07) is -1.44. The number of nitrogens with one attached hydrogen (secondary N) is 2. The summed E-state index contributed by atoms with van der Waals surface area (Å²) in [6.07, 6.45) is 0. The lowest BCUT2D eigenvalue weighted by Crippen LogP contribution is -2.46. The molecule has 0 aliphatic carbocycles. The number of rotatable bonds is 4. The molecule has 0 aromatic heterocycles. The van der Waals surface area contributed by atoms with E-state index in [0.717, 1.165) is 4.90 Å². The molecule has 94 valence electrons. The number of ether oxygens (including phenoxy) is 1. The van der Waals surface area contributed by atoms with E-state index in [4.69, 9.17) is 0 Å². The highest BCUT2D eigenvalue weighted by atomic mass is 16.5. The zero-order chi connectivity index (χ0) is 13.0. The average molecular weight is 243 g/mol. The van der Waals surface area contributed by atoms with Crippen molar-refractivity contribution in [3.05, 3.63) is 0 Å². The van der Waals surface area contributed by atoms with E-state index in [2.05, 4.69) is 15.4 Å². The maximum atomic E-state index is 11.4. The zero-order valence-electron chi connectivity index (χ0n) is 9.48. The normalized spacial score (nSPS) is 16.5. The van der Waals surface area contributed by atoms with Crippen LogP contribution in [-0.2, 0) is 19.1 Å². The van der Waals surface area contributed by atoms with Crippen LogP contribution < -0.4 is 10.6 Å². The highest BCUT2D eigenvalue weighted by molar-refractivity contribution is 6.04. The van der Waals surface area contributed by atoms with Gasteiger partial charge in [0.2, 0.25) is 5.91 Å². The quantitative estimate of drug-likeness (QED) is 0.448. The maximum absolute atomic E-state index is 11.4. The predicted molar refractivity (Wildman–Crippen MR) is 54.7 cm³/mol. The summed E-state index contributed by atoms with van der Waals surface area (Å²) in [5, 5.41) is 4.59. The van der Waals surface area contributed by atoms with Crippen molar-refractivity contribution in [3.63, 3.8) is 0 Å². The van der Waals surface area contributed by atoms with Crippen molar-refractivity contribution in [1.82, 2.24) is 15.5 Å². The van der Waals surface area contributed by atoms with E-state index in [9.17, 15) is 19.2 Å². The molecule has 8 heteroatoms. The molecule has 4 amide bonds. The Balaban J connectivity index is 2.47. The van der Waals surface area contributed by atoms with E-state index in [-0.39, 0.29) is 6.54 Å². The van der Waals surface area contributed by atoms with Gasteiger partial charge in [-0.3, -0.25) is 14.5 Å². The van der Waals surface area contributed by atoms with E-state index in [1.807, 2.05) is 0 Å². The third-order valence-corrected chi connectivity index (χ3v) is 2.17. The lowest BCUT2D eigenvalue weighted by atomic mass is 10.3. The zero-order valence-corrected chi connectivity index (χ0v) is 9.48. The molecule has 0 spiro atoms. The van der Waals surface area contributed by atoms with E-state index in [0.29, 0.717) is 0 Å². The first kappa shape index (κ1) is 12.9. The van der Waals surface area contributed by atoms with Gasteiger partial charge in [0.15, 0.2) is 0 Å². The number of esters is 1. The number of amides is 4. The summed E-state index contributed by atoms with van der Waals surface area (Å²) in [5.74, 6) is -1.68. The SMILES string of the molecule is COC(=O)C(C)NC(=O)CN1C(=O)CNC1=O. The Morgan fingerprint density at radius 3 is 2.65 bits per heavy atom. The van der Waals surface area contributed by atoms with Gasteiger partial charge in [0.25, 0.3) is 5.91 Å². The van der Waals surface area contributed by atoms with Gasteiger partial charge in [0.05, 0.1) is 13.7 Å². The Morgan fingerprint density at radius 1 is 1.53 bits per heavy atom. The van der Waals surface area contributed by atoms with Gasteiger partial charge in [-0.1, -0.05) is 0 Å². The highest BCUT2D eigenvalue weighted by Crippen LogP contribution is 1.98. The molecule has 1 aliphatic heterocycles. The summed E-state index contributed by atoms with van der Waals surface area (Å²) in [6.45, 7) is 0.917. The van der Waals surface area contributed by atoms with Crippen LogP contribution in [0.3, 0.4) is 0 Å². The third kappa shape index (κ3) is 3.16. The van der Waals surface area contributed by atoms with Crippen LogP contribution in [-0.4, -0.2) is 55.0 Å². The van der Waals surface area contributed by atoms with Crippen LogP contribution in [0.5, 0.6) is 0 Å². The molecule has 1 aliphatic rings. The number of nitrogens with zero attached hydrogens (tertiary/aromatic N) is 1. The van der Waals surface area contributed by atoms with E-state index in [1.165, 1.54) is 14.0 Å². The highest BCUT2D eigenvalue weighted by Gasteiger charge is 2.30. The number of carbonyl (C=O) groups excluding carboxylic acids is 4. The molecule has 1 atom stereocenters. The summed E-state index contributed by atoms with van der Waals surface area (Å²) >= 11 is 0. The van der Waals surface area contributed by atoms with Crippen LogP contribution >= 0.6 is 0 Å². The number of carbonyl (C=O) groups is 4. The van der Waals surface area contributed by atoms with Crippen LogP contribution in [0.4, 0.5) is 4.79 Å². The molecule has 0 aromatic rings. The summed E-state index contributed by atoms with van der Waals surface area (Å²) in [5.41, 5.74) is 0. The Morgan fingerprint density at radius 2 is 2.18 bits per heavy atom. The largest absolute Gasteiger partial charge is 0.467 e. The van der Waals surface area contributed by atoms with Crippen LogP contribution in [0.25, 0.3) is 0 Å². The fourth-order valence-corrected chi connectivity index (χ4v) is 1.28. The molecule has 1 rings (SSSR count). The molecule has 0 aromatic carbocycles. The van der Waals surface area contributed by atoms with E-state index >= 15 is 0 Å². The molecular weight excluding hydrogens is 230 g/mol. The number of imide groups is 1. The standard InChI is InChI=1S/C9H13N3O5/c1-5(8(15)17-2)11-6(13)4-12-7(14)3-10-9(12)16/h5H,3-4H2,1-2H3,(H,10,16)(H,11,13). The van der Waals surface area contributed by atoms with Crippen molar-refractivity contribution >= 4 is 23.8 Å². The molecule has 0 bridgehead atoms. The van der Waals surface area contributed by atoms with Crippen molar-refractivity contribution in [3.8, 4) is 0 Å². The van der Waals surface area contributed by atoms with Gasteiger partial charge in [-0.2, -0.15) is 0 Å². The lowest BCUT2D eigenvalue weighted by Gasteiger charge is -2.15. The average Bonchev–Trinajstić information content (AvgIpc) is 2.59. The monoisotopic (exact) mass is 243 g/mol. The van der Waals surface area contributed by atoms with Gasteiger partial charge in [0, 0.05) is 0 Å². The van der Waals surface area contributed by atoms with Gasteiger partial charge in [-0.05, 0) is 6.92 Å². The van der Waals surface area contributed by atoms with Crippen LogP contribution in [0, 0.1) is 0 Å². The first-order chi connectivity index (χ1) is 7.95. The molecule has 8 nitrogen and oxygen atoms in total.